The number of phosphoric ester groups is 1. The van der Waals surface area contributed by atoms with E-state index in [9.17, 15) is 19.4 Å². The predicted molar refractivity (Wildman–Crippen MR) is 291 cm³/mol. The molecule has 0 aliphatic carbocycles. The summed E-state index contributed by atoms with van der Waals surface area (Å²) in [6.45, 7) is 4.81. The lowest BCUT2D eigenvalue weighted by Crippen LogP contribution is -2.45. The first-order valence-corrected chi connectivity index (χ1v) is 30.0. The van der Waals surface area contributed by atoms with Crippen molar-refractivity contribution < 1.29 is 32.9 Å². The van der Waals surface area contributed by atoms with Crippen molar-refractivity contribution in [3.05, 3.63) is 48.6 Å². The van der Waals surface area contributed by atoms with Crippen molar-refractivity contribution in [1.82, 2.24) is 5.32 Å². The van der Waals surface area contributed by atoms with Gasteiger partial charge in [0.15, 0.2) is 0 Å². The van der Waals surface area contributed by atoms with Crippen LogP contribution >= 0.6 is 7.82 Å². The molecule has 8 nitrogen and oxygen atoms in total. The first-order valence-electron chi connectivity index (χ1n) is 28.5. The number of likely N-dealkylation sites (N-methyl/N-ethyl adjacent to an activating group) is 1. The number of hydrogen-bond acceptors (Lipinski definition) is 5. The van der Waals surface area contributed by atoms with Crippen LogP contribution in [0.5, 0.6) is 0 Å². The fourth-order valence-electron chi connectivity index (χ4n) is 8.27. The highest BCUT2D eigenvalue weighted by atomic mass is 31.2. The Morgan fingerprint density at radius 2 is 0.866 bits per heavy atom. The number of nitrogens with one attached hydrogen (secondary N) is 1. The topological polar surface area (TPSA) is 105 Å². The van der Waals surface area contributed by atoms with Crippen LogP contribution in [0.25, 0.3) is 0 Å². The molecule has 0 spiro atoms. The Morgan fingerprint density at radius 3 is 1.28 bits per heavy atom. The van der Waals surface area contributed by atoms with Gasteiger partial charge in [0.2, 0.25) is 5.91 Å². The van der Waals surface area contributed by atoms with Gasteiger partial charge in [0.1, 0.15) is 13.2 Å². The molecule has 0 aliphatic rings. The number of carbonyl (C=O) groups is 1. The Hall–Kier alpha value is -1.54. The number of phosphoric acid groups is 1. The highest BCUT2D eigenvalue weighted by Gasteiger charge is 2.27. The average Bonchev–Trinajstić information content (AvgIpc) is 3.29. The zero-order valence-corrected chi connectivity index (χ0v) is 45.8. The third kappa shape index (κ3) is 52.1. The largest absolute Gasteiger partial charge is 0.472 e. The molecule has 0 aromatic carbocycles. The number of unbranched alkanes of at least 4 members (excludes halogenated alkanes) is 33. The van der Waals surface area contributed by atoms with Gasteiger partial charge in [0.25, 0.3) is 0 Å². The van der Waals surface area contributed by atoms with Crippen LogP contribution in [0.15, 0.2) is 48.6 Å². The Kier molecular flexibility index (Phi) is 48.3. The lowest BCUT2D eigenvalue weighted by molar-refractivity contribution is -0.870. The maximum absolute atomic E-state index is 13.0. The lowest BCUT2D eigenvalue weighted by Gasteiger charge is -2.25. The quantitative estimate of drug-likeness (QED) is 0.0243. The molecule has 0 heterocycles. The fraction of sp³-hybridized carbons (Fsp3) is 0.845. The minimum Gasteiger partial charge on any atom is -0.387 e. The fourth-order valence-corrected chi connectivity index (χ4v) is 9.00. The van der Waals surface area contributed by atoms with Gasteiger partial charge in [-0.05, 0) is 64.2 Å². The smallest absolute Gasteiger partial charge is 0.387 e. The molecule has 3 atom stereocenters. The van der Waals surface area contributed by atoms with Crippen molar-refractivity contribution >= 4 is 13.7 Å². The summed E-state index contributed by atoms with van der Waals surface area (Å²) < 4.78 is 23.7. The van der Waals surface area contributed by atoms with E-state index in [2.05, 4.69) is 55.6 Å². The number of carbonyl (C=O) groups excluding carboxylic acids is 1. The third-order valence-corrected chi connectivity index (χ3v) is 13.8. The Balaban J connectivity index is 4.17. The zero-order chi connectivity index (χ0) is 49.2. The first kappa shape index (κ1) is 65.5. The number of allylic oxidation sites excluding steroid dienone is 7. The highest BCUT2D eigenvalue weighted by molar-refractivity contribution is 7.47. The lowest BCUT2D eigenvalue weighted by atomic mass is 10.0. The maximum atomic E-state index is 13.0. The molecule has 0 aliphatic heterocycles. The number of aliphatic hydroxyl groups is 1. The van der Waals surface area contributed by atoms with Gasteiger partial charge in [-0.3, -0.25) is 13.8 Å². The van der Waals surface area contributed by atoms with Crippen LogP contribution in [-0.4, -0.2) is 73.4 Å². The van der Waals surface area contributed by atoms with Crippen LogP contribution in [0.4, 0.5) is 0 Å². The van der Waals surface area contributed by atoms with E-state index >= 15 is 0 Å². The molecule has 0 radical (unpaired) electrons. The summed E-state index contributed by atoms with van der Waals surface area (Å²) in [4.78, 5) is 23.3. The average molecular weight is 965 g/mol. The molecule has 9 heteroatoms. The second kappa shape index (κ2) is 49.4. The monoisotopic (exact) mass is 964 g/mol. The minimum atomic E-state index is -4.35. The molecule has 0 aromatic rings. The number of nitrogens with zero attached hydrogens (tertiary/aromatic N) is 1. The predicted octanol–water partition coefficient (Wildman–Crippen LogP) is 17.2. The van der Waals surface area contributed by atoms with Crippen LogP contribution < -0.4 is 5.32 Å². The van der Waals surface area contributed by atoms with Crippen molar-refractivity contribution in [2.24, 2.45) is 0 Å². The van der Waals surface area contributed by atoms with E-state index in [1.807, 2.05) is 27.2 Å². The van der Waals surface area contributed by atoms with E-state index in [0.717, 1.165) is 44.9 Å². The van der Waals surface area contributed by atoms with E-state index in [1.165, 1.54) is 199 Å². The van der Waals surface area contributed by atoms with E-state index in [1.54, 1.807) is 6.08 Å². The van der Waals surface area contributed by atoms with Crippen LogP contribution in [0.3, 0.4) is 0 Å². The molecule has 67 heavy (non-hydrogen) atoms. The van der Waals surface area contributed by atoms with Gasteiger partial charge in [-0.2, -0.15) is 0 Å². The molecule has 0 rings (SSSR count). The minimum absolute atomic E-state index is 0.0557. The molecule has 0 bridgehead atoms. The molecular weight excluding hydrogens is 852 g/mol. The van der Waals surface area contributed by atoms with Gasteiger partial charge in [-0.15, -0.1) is 0 Å². The van der Waals surface area contributed by atoms with E-state index < -0.39 is 20.0 Å². The second-order valence-electron chi connectivity index (χ2n) is 20.7. The molecular formula is C58H112N2O6P+. The molecule has 0 saturated carbocycles. The SMILES string of the molecule is CCCCCCCCCCC/C=C\C/C=C\CCCCCCCCCCCCCCCC(=O)NC(COP(=O)(O)OCC[N+](C)(C)C)C(O)/C=C/CC/C=C/CCCCCCCCCCCC. The molecule has 1 amide bonds. The van der Waals surface area contributed by atoms with Gasteiger partial charge in [-0.1, -0.05) is 242 Å². The highest BCUT2D eigenvalue weighted by Crippen LogP contribution is 2.43. The molecule has 0 fully saturated rings. The summed E-state index contributed by atoms with van der Waals surface area (Å²) in [5.74, 6) is -0.186. The van der Waals surface area contributed by atoms with Crippen LogP contribution in [-0.2, 0) is 18.4 Å². The Morgan fingerprint density at radius 1 is 0.507 bits per heavy atom. The maximum Gasteiger partial charge on any atom is 0.472 e. The number of quaternary nitrogens is 1. The van der Waals surface area contributed by atoms with Gasteiger partial charge < -0.3 is 19.8 Å². The summed E-state index contributed by atoms with van der Waals surface area (Å²) in [6, 6.07) is -0.864. The standard InChI is InChI=1S/C58H111N2O6P/c1-6-8-10-12-14-16-18-20-22-24-25-26-27-28-29-30-31-32-33-34-35-36-38-40-42-44-46-48-50-52-58(62)59-56(55-66-67(63,64)65-54-53-60(3,4)5)57(61)51-49-47-45-43-41-39-37-23-21-19-17-15-13-11-9-7-2/h25-26,28-29,41,43,49,51,56-57,61H,6-24,27,30-40,42,44-48,50,52-55H2,1-5H3,(H-,59,62,63,64)/p+1/b26-25-,29-28-,43-41+,51-49+. The van der Waals surface area contributed by atoms with Crippen molar-refractivity contribution in [2.75, 3.05) is 40.9 Å². The van der Waals surface area contributed by atoms with E-state index in [0.29, 0.717) is 17.4 Å². The molecule has 394 valence electrons. The van der Waals surface area contributed by atoms with E-state index in [4.69, 9.17) is 9.05 Å². The van der Waals surface area contributed by atoms with E-state index in [-0.39, 0.29) is 19.1 Å². The van der Waals surface area contributed by atoms with Crippen LogP contribution in [0.1, 0.15) is 264 Å². The molecule has 0 aromatic heterocycles. The molecule has 3 N–H and O–H groups in total. The first-order chi connectivity index (χ1) is 32.5. The number of amides is 1. The summed E-state index contributed by atoms with van der Waals surface area (Å²) in [7, 11) is 1.56. The van der Waals surface area contributed by atoms with Crippen molar-refractivity contribution in [3.8, 4) is 0 Å². The van der Waals surface area contributed by atoms with Crippen molar-refractivity contribution in [2.45, 2.75) is 276 Å². The number of aliphatic hydroxyl groups excluding tert-OH is 1. The summed E-state index contributed by atoms with van der Waals surface area (Å²) in [6.07, 6.45) is 65.0. The van der Waals surface area contributed by atoms with Crippen molar-refractivity contribution in [3.63, 3.8) is 0 Å². The third-order valence-electron chi connectivity index (χ3n) is 12.8. The van der Waals surface area contributed by atoms with Crippen molar-refractivity contribution in [1.29, 1.82) is 0 Å². The Labute approximate surface area is 416 Å². The summed E-state index contributed by atoms with van der Waals surface area (Å²) in [5.41, 5.74) is 0. The number of rotatable bonds is 52. The summed E-state index contributed by atoms with van der Waals surface area (Å²) in [5, 5.41) is 13.9. The number of hydrogen-bond donors (Lipinski definition) is 3. The molecule has 0 saturated heterocycles. The Bertz CT molecular complexity index is 1230. The zero-order valence-electron chi connectivity index (χ0n) is 44.9. The van der Waals surface area contributed by atoms with Gasteiger partial charge >= 0.3 is 7.82 Å². The van der Waals surface area contributed by atoms with Gasteiger partial charge in [-0.25, -0.2) is 4.57 Å². The van der Waals surface area contributed by atoms with Gasteiger partial charge in [0.05, 0.1) is 39.9 Å². The van der Waals surface area contributed by atoms with Gasteiger partial charge in [0, 0.05) is 6.42 Å². The normalized spacial score (nSPS) is 14.3. The second-order valence-corrected chi connectivity index (χ2v) is 22.1. The molecule has 3 unspecified atom stereocenters. The van der Waals surface area contributed by atoms with Crippen LogP contribution in [0, 0.1) is 0 Å². The van der Waals surface area contributed by atoms with Crippen LogP contribution in [0.2, 0.25) is 0 Å². The summed E-state index contributed by atoms with van der Waals surface area (Å²) >= 11 is 0.